The van der Waals surface area contributed by atoms with E-state index in [2.05, 4.69) is 5.32 Å². The lowest BCUT2D eigenvalue weighted by molar-refractivity contribution is -0.123. The smallest absolute Gasteiger partial charge is 0.343 e. The van der Waals surface area contributed by atoms with Crippen LogP contribution in [0.2, 0.25) is 0 Å². The number of carbonyl (C=O) groups is 2. The van der Waals surface area contributed by atoms with Crippen molar-refractivity contribution >= 4 is 17.5 Å². The monoisotopic (exact) mass is 394 g/mol. The fourth-order valence-electron chi connectivity index (χ4n) is 2.97. The topological polar surface area (TPSA) is 58.2 Å². The standard InChI is InChI=1S/C20H18F4N2O2/c1-11-2-3-13(18(27)25-10-20(22,23)24)8-17(11)26-19(28)16-9-15(16)12-4-6-14(21)7-5-12/h2-8,15-16H,9-10H2,1H3,(H,25,27)(H,26,28). The van der Waals surface area contributed by atoms with Gasteiger partial charge in [0.1, 0.15) is 12.4 Å². The third-order valence-corrected chi connectivity index (χ3v) is 4.63. The molecule has 1 aliphatic rings. The summed E-state index contributed by atoms with van der Waals surface area (Å²) in [6.45, 7) is 0.292. The Hall–Kier alpha value is -2.90. The molecule has 0 aliphatic heterocycles. The second-order valence-electron chi connectivity index (χ2n) is 6.82. The van der Waals surface area contributed by atoms with Gasteiger partial charge in [0.25, 0.3) is 5.91 Å². The van der Waals surface area contributed by atoms with Crippen LogP contribution < -0.4 is 10.6 Å². The van der Waals surface area contributed by atoms with E-state index in [1.165, 1.54) is 24.3 Å². The molecule has 0 bridgehead atoms. The first-order chi connectivity index (χ1) is 13.1. The van der Waals surface area contributed by atoms with E-state index in [0.29, 0.717) is 17.7 Å². The van der Waals surface area contributed by atoms with Crippen LogP contribution in [0.3, 0.4) is 0 Å². The molecule has 8 heteroatoms. The highest BCUT2D eigenvalue weighted by Gasteiger charge is 2.44. The molecule has 148 valence electrons. The molecule has 2 aromatic carbocycles. The maximum atomic E-state index is 13.0. The molecule has 28 heavy (non-hydrogen) atoms. The van der Waals surface area contributed by atoms with E-state index in [1.807, 2.05) is 0 Å². The Morgan fingerprint density at radius 1 is 1.11 bits per heavy atom. The molecule has 0 saturated heterocycles. The third-order valence-electron chi connectivity index (χ3n) is 4.63. The lowest BCUT2D eigenvalue weighted by Crippen LogP contribution is -2.33. The van der Waals surface area contributed by atoms with Crippen molar-refractivity contribution in [3.63, 3.8) is 0 Å². The van der Waals surface area contributed by atoms with Crippen molar-refractivity contribution in [2.45, 2.75) is 25.4 Å². The average Bonchev–Trinajstić information content (AvgIpc) is 3.42. The lowest BCUT2D eigenvalue weighted by Gasteiger charge is -2.12. The maximum absolute atomic E-state index is 13.0. The minimum Gasteiger partial charge on any atom is -0.343 e. The number of amides is 2. The number of aryl methyl sites for hydroxylation is 1. The van der Waals surface area contributed by atoms with Crippen LogP contribution in [0.4, 0.5) is 23.2 Å². The molecular formula is C20H18F4N2O2. The molecular weight excluding hydrogens is 376 g/mol. The molecule has 2 N–H and O–H groups in total. The van der Waals surface area contributed by atoms with Gasteiger partial charge in [0.15, 0.2) is 0 Å². The molecule has 0 heterocycles. The predicted octanol–water partition coefficient (Wildman–Crippen LogP) is 4.17. The van der Waals surface area contributed by atoms with Crippen molar-refractivity contribution in [3.05, 3.63) is 65.0 Å². The van der Waals surface area contributed by atoms with Crippen molar-refractivity contribution in [2.24, 2.45) is 5.92 Å². The van der Waals surface area contributed by atoms with Gasteiger partial charge in [-0.1, -0.05) is 18.2 Å². The molecule has 2 amide bonds. The summed E-state index contributed by atoms with van der Waals surface area (Å²) in [5.41, 5.74) is 1.95. The highest BCUT2D eigenvalue weighted by molar-refractivity contribution is 5.99. The van der Waals surface area contributed by atoms with Crippen molar-refractivity contribution in [2.75, 3.05) is 11.9 Å². The van der Waals surface area contributed by atoms with E-state index in [4.69, 9.17) is 0 Å². The van der Waals surface area contributed by atoms with E-state index in [0.717, 1.165) is 5.56 Å². The van der Waals surface area contributed by atoms with Gasteiger partial charge < -0.3 is 10.6 Å². The summed E-state index contributed by atoms with van der Waals surface area (Å²) in [5.74, 6) is -1.73. The number of benzene rings is 2. The first kappa shape index (κ1) is 19.9. The highest BCUT2D eigenvalue weighted by Crippen LogP contribution is 2.48. The summed E-state index contributed by atoms with van der Waals surface area (Å²) in [4.78, 5) is 24.4. The van der Waals surface area contributed by atoms with Crippen LogP contribution in [-0.4, -0.2) is 24.5 Å². The zero-order chi connectivity index (χ0) is 20.5. The van der Waals surface area contributed by atoms with Crippen LogP contribution in [-0.2, 0) is 4.79 Å². The molecule has 4 nitrogen and oxygen atoms in total. The molecule has 0 aromatic heterocycles. The highest BCUT2D eigenvalue weighted by atomic mass is 19.4. The number of carbonyl (C=O) groups excluding carboxylic acids is 2. The van der Waals surface area contributed by atoms with Crippen molar-refractivity contribution in [3.8, 4) is 0 Å². The zero-order valence-electron chi connectivity index (χ0n) is 14.9. The summed E-state index contributed by atoms with van der Waals surface area (Å²) in [7, 11) is 0. The fraction of sp³-hybridized carbons (Fsp3) is 0.300. The summed E-state index contributed by atoms with van der Waals surface area (Å²) >= 11 is 0. The lowest BCUT2D eigenvalue weighted by atomic mass is 10.1. The summed E-state index contributed by atoms with van der Waals surface area (Å²) in [6.07, 6.45) is -3.87. The summed E-state index contributed by atoms with van der Waals surface area (Å²) in [5, 5.41) is 4.54. The Balaban J connectivity index is 1.65. The van der Waals surface area contributed by atoms with Crippen LogP contribution in [0.1, 0.15) is 33.8 Å². The van der Waals surface area contributed by atoms with Gasteiger partial charge in [0.2, 0.25) is 5.91 Å². The molecule has 1 aliphatic carbocycles. The predicted molar refractivity (Wildman–Crippen MR) is 95.4 cm³/mol. The van der Waals surface area contributed by atoms with E-state index in [-0.39, 0.29) is 29.1 Å². The van der Waals surface area contributed by atoms with Crippen molar-refractivity contribution < 1.29 is 27.2 Å². The number of halogens is 4. The second kappa shape index (κ2) is 7.61. The van der Waals surface area contributed by atoms with Crippen LogP contribution in [0, 0.1) is 18.7 Å². The fourth-order valence-corrected chi connectivity index (χ4v) is 2.97. The zero-order valence-corrected chi connectivity index (χ0v) is 14.9. The van der Waals surface area contributed by atoms with E-state index >= 15 is 0 Å². The molecule has 1 saturated carbocycles. The number of rotatable bonds is 5. The molecule has 2 unspecified atom stereocenters. The van der Waals surface area contributed by atoms with E-state index in [1.54, 1.807) is 30.4 Å². The minimum atomic E-state index is -4.50. The normalized spacial score (nSPS) is 18.5. The first-order valence-corrected chi connectivity index (χ1v) is 8.66. The quantitative estimate of drug-likeness (QED) is 0.748. The van der Waals surface area contributed by atoms with Crippen LogP contribution in [0.25, 0.3) is 0 Å². The molecule has 1 fully saturated rings. The van der Waals surface area contributed by atoms with Crippen LogP contribution in [0.5, 0.6) is 0 Å². The van der Waals surface area contributed by atoms with E-state index in [9.17, 15) is 27.2 Å². The first-order valence-electron chi connectivity index (χ1n) is 8.66. The Labute approximate surface area is 158 Å². The van der Waals surface area contributed by atoms with Gasteiger partial charge in [-0.3, -0.25) is 9.59 Å². The molecule has 3 rings (SSSR count). The van der Waals surface area contributed by atoms with Gasteiger partial charge in [-0.25, -0.2) is 4.39 Å². The Bertz CT molecular complexity index is 894. The minimum absolute atomic E-state index is 0.000766. The van der Waals surface area contributed by atoms with Crippen molar-refractivity contribution in [1.82, 2.24) is 5.32 Å². The Kier molecular flexibility index (Phi) is 5.40. The number of nitrogens with one attached hydrogen (secondary N) is 2. The van der Waals surface area contributed by atoms with Gasteiger partial charge in [-0.2, -0.15) is 13.2 Å². The second-order valence-corrected chi connectivity index (χ2v) is 6.82. The number of hydrogen-bond acceptors (Lipinski definition) is 2. The van der Waals surface area contributed by atoms with Gasteiger partial charge >= 0.3 is 6.18 Å². The number of hydrogen-bond donors (Lipinski definition) is 2. The largest absolute Gasteiger partial charge is 0.405 e. The SMILES string of the molecule is Cc1ccc(C(=O)NCC(F)(F)F)cc1NC(=O)C1CC1c1ccc(F)cc1. The maximum Gasteiger partial charge on any atom is 0.405 e. The van der Waals surface area contributed by atoms with Gasteiger partial charge in [0, 0.05) is 17.2 Å². The third kappa shape index (κ3) is 4.88. The average molecular weight is 394 g/mol. The summed E-state index contributed by atoms with van der Waals surface area (Å²) in [6, 6.07) is 10.3. The van der Waals surface area contributed by atoms with Gasteiger partial charge in [-0.15, -0.1) is 0 Å². The number of anilines is 1. The van der Waals surface area contributed by atoms with Crippen LogP contribution >= 0.6 is 0 Å². The van der Waals surface area contributed by atoms with Gasteiger partial charge in [0.05, 0.1) is 0 Å². The summed E-state index contributed by atoms with van der Waals surface area (Å²) < 4.78 is 49.8. The van der Waals surface area contributed by atoms with Gasteiger partial charge in [-0.05, 0) is 54.7 Å². The van der Waals surface area contributed by atoms with Crippen LogP contribution in [0.15, 0.2) is 42.5 Å². The molecule has 0 radical (unpaired) electrons. The Morgan fingerprint density at radius 2 is 1.79 bits per heavy atom. The molecule has 0 spiro atoms. The molecule has 2 atom stereocenters. The van der Waals surface area contributed by atoms with E-state index < -0.39 is 18.6 Å². The van der Waals surface area contributed by atoms with Crippen molar-refractivity contribution in [1.29, 1.82) is 0 Å². The number of alkyl halides is 3. The molecule has 2 aromatic rings. The Morgan fingerprint density at radius 3 is 2.43 bits per heavy atom.